The van der Waals surface area contributed by atoms with Gasteiger partial charge in [-0.25, -0.2) is 4.98 Å². The lowest BCUT2D eigenvalue weighted by Gasteiger charge is -2.33. The molecule has 0 bridgehead atoms. The number of anilines is 1. The van der Waals surface area contributed by atoms with Crippen LogP contribution in [0.25, 0.3) is 16.9 Å². The summed E-state index contributed by atoms with van der Waals surface area (Å²) < 4.78 is 2.19. The molecule has 0 atom stereocenters. The Morgan fingerprint density at radius 3 is 2.68 bits per heavy atom. The fraction of sp³-hybridized carbons (Fsp3) is 0.455. The van der Waals surface area contributed by atoms with Crippen molar-refractivity contribution in [3.63, 3.8) is 0 Å². The molecule has 1 saturated carbocycles. The van der Waals surface area contributed by atoms with E-state index in [1.165, 1.54) is 25.1 Å². The number of benzene rings is 1. The fourth-order valence-electron chi connectivity index (χ4n) is 4.00. The highest BCUT2D eigenvalue weighted by atomic mass is 35.5. The summed E-state index contributed by atoms with van der Waals surface area (Å²) in [7, 11) is 0. The first-order chi connectivity index (χ1) is 13.6. The third-order valence-corrected chi connectivity index (χ3v) is 6.15. The van der Waals surface area contributed by atoms with Crippen molar-refractivity contribution in [3.8, 4) is 11.3 Å². The first-order valence-corrected chi connectivity index (χ1v) is 10.9. The van der Waals surface area contributed by atoms with Crippen molar-refractivity contribution in [2.75, 3.05) is 18.0 Å². The maximum atomic E-state index is 6.48. The molecule has 148 valence electrons. The largest absolute Gasteiger partial charge is 0.356 e. The predicted molar refractivity (Wildman–Crippen MR) is 118 cm³/mol. The molecule has 0 saturated heterocycles. The summed E-state index contributed by atoms with van der Waals surface area (Å²) in [4.78, 5) is 12.1. The van der Waals surface area contributed by atoms with Gasteiger partial charge in [0.05, 0.1) is 10.7 Å². The van der Waals surface area contributed by atoms with Crippen LogP contribution in [0, 0.1) is 5.92 Å². The van der Waals surface area contributed by atoms with Gasteiger partial charge in [-0.3, -0.25) is 9.38 Å². The molecule has 1 aliphatic carbocycles. The van der Waals surface area contributed by atoms with Crippen LogP contribution in [-0.4, -0.2) is 27.5 Å². The molecule has 0 radical (unpaired) electrons. The predicted octanol–water partition coefficient (Wildman–Crippen LogP) is 6.28. The smallest absolute Gasteiger partial charge is 0.165 e. The molecule has 1 fully saturated rings. The Hall–Kier alpha value is -1.78. The molecule has 28 heavy (non-hydrogen) atoms. The van der Waals surface area contributed by atoms with E-state index in [0.29, 0.717) is 10.0 Å². The summed E-state index contributed by atoms with van der Waals surface area (Å²) in [6, 6.07) is 5.53. The lowest BCUT2D eigenvalue weighted by Crippen LogP contribution is -2.34. The van der Waals surface area contributed by atoms with Gasteiger partial charge in [0.15, 0.2) is 5.65 Å². The molecule has 2 aromatic heterocycles. The first kappa shape index (κ1) is 19.5. The van der Waals surface area contributed by atoms with Crippen molar-refractivity contribution in [2.24, 2.45) is 5.92 Å². The average Bonchev–Trinajstić information content (AvgIpc) is 3.02. The zero-order chi connectivity index (χ0) is 19.7. The molecule has 0 N–H and O–H groups in total. The van der Waals surface area contributed by atoms with Crippen LogP contribution in [0.5, 0.6) is 0 Å². The summed E-state index contributed by atoms with van der Waals surface area (Å²) in [5, 5.41) is 1.21. The van der Waals surface area contributed by atoms with E-state index >= 15 is 0 Å². The van der Waals surface area contributed by atoms with E-state index in [1.54, 1.807) is 6.07 Å². The summed E-state index contributed by atoms with van der Waals surface area (Å²) in [5.74, 6) is 2.01. The van der Waals surface area contributed by atoms with Crippen molar-refractivity contribution in [1.82, 2.24) is 14.4 Å². The number of aryl methyl sites for hydroxylation is 1. The molecule has 2 heterocycles. The Morgan fingerprint density at radius 2 is 2.04 bits per heavy atom. The van der Waals surface area contributed by atoms with Gasteiger partial charge in [0.1, 0.15) is 11.5 Å². The van der Waals surface area contributed by atoms with Crippen molar-refractivity contribution >= 4 is 34.7 Å². The fourth-order valence-corrected chi connectivity index (χ4v) is 4.49. The molecule has 4 rings (SSSR count). The number of fused-ring (bicyclic) bond motifs is 1. The average molecular weight is 417 g/mol. The highest BCUT2D eigenvalue weighted by Gasteiger charge is 2.25. The standard InChI is InChI=1S/C22H26Cl2N4/c1-3-11-27(14-15-6-5-7-15)22-19(4-2)26-21-20(25-10-12-28(21)22)17-9-8-16(23)13-18(17)24/h8-10,12-13,15H,3-7,11,14H2,1-2H3. The second-order valence-corrected chi connectivity index (χ2v) is 8.42. The normalized spacial score (nSPS) is 14.4. The Morgan fingerprint density at radius 1 is 1.21 bits per heavy atom. The number of nitrogens with zero attached hydrogens (tertiary/aromatic N) is 4. The van der Waals surface area contributed by atoms with E-state index < -0.39 is 0 Å². The molecule has 3 aromatic rings. The van der Waals surface area contributed by atoms with Crippen LogP contribution in [0.15, 0.2) is 30.6 Å². The molecular weight excluding hydrogens is 391 g/mol. The SMILES string of the molecule is CCCN(CC1CCC1)c1c(CC)nc2c(-c3ccc(Cl)cc3Cl)nccn12. The summed E-state index contributed by atoms with van der Waals surface area (Å²) in [6.45, 7) is 6.55. The number of hydrogen-bond acceptors (Lipinski definition) is 3. The van der Waals surface area contributed by atoms with Gasteiger partial charge in [0.2, 0.25) is 0 Å². The van der Waals surface area contributed by atoms with Crippen molar-refractivity contribution in [3.05, 3.63) is 46.3 Å². The summed E-state index contributed by atoms with van der Waals surface area (Å²) in [5.41, 5.74) is 3.63. The molecule has 4 nitrogen and oxygen atoms in total. The van der Waals surface area contributed by atoms with Crippen LogP contribution in [0.3, 0.4) is 0 Å². The van der Waals surface area contributed by atoms with Gasteiger partial charge in [0, 0.05) is 36.1 Å². The molecule has 0 aliphatic heterocycles. The second kappa shape index (κ2) is 8.30. The Balaban J connectivity index is 1.85. The van der Waals surface area contributed by atoms with Crippen molar-refractivity contribution < 1.29 is 0 Å². The lowest BCUT2D eigenvalue weighted by molar-refractivity contribution is 0.316. The van der Waals surface area contributed by atoms with Gasteiger partial charge in [0.25, 0.3) is 0 Å². The van der Waals surface area contributed by atoms with Gasteiger partial charge in [-0.15, -0.1) is 0 Å². The van der Waals surface area contributed by atoms with E-state index in [2.05, 4.69) is 28.1 Å². The third kappa shape index (κ3) is 3.60. The zero-order valence-electron chi connectivity index (χ0n) is 16.5. The molecule has 6 heteroatoms. The Labute approximate surface area is 176 Å². The van der Waals surface area contributed by atoms with Gasteiger partial charge < -0.3 is 4.90 Å². The van der Waals surface area contributed by atoms with Crippen LogP contribution in [0.2, 0.25) is 10.0 Å². The van der Waals surface area contributed by atoms with E-state index in [0.717, 1.165) is 54.4 Å². The van der Waals surface area contributed by atoms with Gasteiger partial charge >= 0.3 is 0 Å². The zero-order valence-corrected chi connectivity index (χ0v) is 18.0. The first-order valence-electron chi connectivity index (χ1n) is 10.2. The van der Waals surface area contributed by atoms with Crippen LogP contribution in [0.1, 0.15) is 45.2 Å². The topological polar surface area (TPSA) is 33.4 Å². The Bertz CT molecular complexity index is 978. The van der Waals surface area contributed by atoms with Crippen LogP contribution in [0.4, 0.5) is 5.82 Å². The second-order valence-electron chi connectivity index (χ2n) is 7.57. The summed E-state index contributed by atoms with van der Waals surface area (Å²) in [6.07, 6.45) is 9.90. The lowest BCUT2D eigenvalue weighted by atomic mass is 9.85. The van der Waals surface area contributed by atoms with E-state index in [-0.39, 0.29) is 0 Å². The van der Waals surface area contributed by atoms with E-state index in [9.17, 15) is 0 Å². The van der Waals surface area contributed by atoms with Gasteiger partial charge in [-0.05, 0) is 49.8 Å². The molecular formula is C22H26Cl2N4. The maximum Gasteiger partial charge on any atom is 0.165 e. The minimum Gasteiger partial charge on any atom is -0.356 e. The number of halogens is 2. The molecule has 0 spiro atoms. The number of imidazole rings is 1. The number of rotatable bonds is 7. The monoisotopic (exact) mass is 416 g/mol. The van der Waals surface area contributed by atoms with Gasteiger partial charge in [-0.1, -0.05) is 43.5 Å². The van der Waals surface area contributed by atoms with Gasteiger partial charge in [-0.2, -0.15) is 0 Å². The minimum absolute atomic E-state index is 0.593. The highest BCUT2D eigenvalue weighted by Crippen LogP contribution is 2.35. The number of hydrogen-bond donors (Lipinski definition) is 0. The quantitative estimate of drug-likeness (QED) is 0.454. The maximum absolute atomic E-state index is 6.48. The third-order valence-electron chi connectivity index (χ3n) is 5.60. The molecule has 0 amide bonds. The summed E-state index contributed by atoms with van der Waals surface area (Å²) >= 11 is 12.6. The van der Waals surface area contributed by atoms with Crippen LogP contribution in [-0.2, 0) is 6.42 Å². The highest BCUT2D eigenvalue weighted by molar-refractivity contribution is 6.36. The molecule has 1 aromatic carbocycles. The minimum atomic E-state index is 0.593. The van der Waals surface area contributed by atoms with E-state index in [1.807, 2.05) is 24.5 Å². The Kier molecular flexibility index (Phi) is 5.79. The van der Waals surface area contributed by atoms with Crippen molar-refractivity contribution in [1.29, 1.82) is 0 Å². The van der Waals surface area contributed by atoms with Crippen LogP contribution >= 0.6 is 23.2 Å². The van der Waals surface area contributed by atoms with Crippen molar-refractivity contribution in [2.45, 2.75) is 46.0 Å². The molecule has 1 aliphatic rings. The number of aromatic nitrogens is 3. The molecule has 0 unspecified atom stereocenters. The van der Waals surface area contributed by atoms with E-state index in [4.69, 9.17) is 28.2 Å². The van der Waals surface area contributed by atoms with Crippen LogP contribution < -0.4 is 4.90 Å².